The molecule has 0 spiro atoms. The van der Waals surface area contributed by atoms with E-state index in [0.29, 0.717) is 37.1 Å². The van der Waals surface area contributed by atoms with E-state index < -0.39 is 35.0 Å². The zero-order valence-corrected chi connectivity index (χ0v) is 22.9. The summed E-state index contributed by atoms with van der Waals surface area (Å²) in [5.74, 6) is -2.61. The Morgan fingerprint density at radius 2 is 1.77 bits per heavy atom. The molecule has 1 aliphatic heterocycles. The van der Waals surface area contributed by atoms with Gasteiger partial charge >= 0.3 is 12.1 Å². The molecule has 2 aromatic carbocycles. The lowest BCUT2D eigenvalue weighted by molar-refractivity contribution is 0.0171. The second-order valence-electron chi connectivity index (χ2n) is 10.4. The minimum atomic E-state index is -0.830. The number of rotatable bonds is 6. The number of benzene rings is 2. The Kier molecular flexibility index (Phi) is 8.43. The molecule has 2 heterocycles. The van der Waals surface area contributed by atoms with Crippen LogP contribution in [0.1, 0.15) is 57.1 Å². The third kappa shape index (κ3) is 6.25. The van der Waals surface area contributed by atoms with Gasteiger partial charge in [0.25, 0.3) is 0 Å². The molecule has 10 heteroatoms. The van der Waals surface area contributed by atoms with Crippen molar-refractivity contribution in [1.29, 1.82) is 0 Å². The highest BCUT2D eigenvalue weighted by atomic mass is 19.1. The summed E-state index contributed by atoms with van der Waals surface area (Å²) in [6.45, 7) is 15.9. The van der Waals surface area contributed by atoms with E-state index in [4.69, 9.17) is 20.8 Å². The number of aromatic nitrogens is 1. The van der Waals surface area contributed by atoms with Crippen molar-refractivity contribution in [2.45, 2.75) is 52.2 Å². The predicted molar refractivity (Wildman–Crippen MR) is 145 cm³/mol. The van der Waals surface area contributed by atoms with Crippen LogP contribution in [0.25, 0.3) is 16.0 Å². The highest BCUT2D eigenvalue weighted by Gasteiger charge is 2.33. The molecule has 40 heavy (non-hydrogen) atoms. The lowest BCUT2D eigenvalue weighted by Crippen LogP contribution is -2.43. The fourth-order valence-electron chi connectivity index (χ4n) is 4.60. The van der Waals surface area contributed by atoms with Gasteiger partial charge < -0.3 is 23.7 Å². The first-order chi connectivity index (χ1) is 19.0. The number of carbonyl (C=O) groups is 2. The van der Waals surface area contributed by atoms with Gasteiger partial charge in [-0.3, -0.25) is 0 Å². The Bertz CT molecular complexity index is 1420. The molecular weight excluding hydrogens is 520 g/mol. The maximum atomic E-state index is 14.0. The van der Waals surface area contributed by atoms with Gasteiger partial charge in [-0.15, -0.1) is 0 Å². The van der Waals surface area contributed by atoms with Crippen LogP contribution in [-0.2, 0) is 9.47 Å². The summed E-state index contributed by atoms with van der Waals surface area (Å²) >= 11 is 0. The van der Waals surface area contributed by atoms with E-state index >= 15 is 0 Å². The fraction of sp³-hybridized carbons (Fsp3) is 0.367. The van der Waals surface area contributed by atoms with E-state index in [1.165, 1.54) is 18.2 Å². The van der Waals surface area contributed by atoms with Crippen molar-refractivity contribution in [1.82, 2.24) is 9.47 Å². The molecule has 8 nitrogen and oxygen atoms in total. The van der Waals surface area contributed by atoms with E-state index in [2.05, 4.69) is 4.85 Å². The molecule has 0 saturated carbocycles. The number of nitrogens with zero attached hydrogens (tertiary/aromatic N) is 3. The molecule has 0 aliphatic carbocycles. The van der Waals surface area contributed by atoms with Gasteiger partial charge in [-0.25, -0.2) is 23.2 Å². The Morgan fingerprint density at radius 1 is 1.10 bits per heavy atom. The third-order valence-electron chi connectivity index (χ3n) is 6.33. The van der Waals surface area contributed by atoms with Crippen LogP contribution in [0.4, 0.5) is 19.3 Å². The van der Waals surface area contributed by atoms with Crippen molar-refractivity contribution >= 4 is 17.7 Å². The van der Waals surface area contributed by atoms with Gasteiger partial charge in [-0.1, -0.05) is 18.2 Å². The van der Waals surface area contributed by atoms with Gasteiger partial charge in [0.15, 0.2) is 17.4 Å². The number of likely N-dealkylation sites (tertiary alicyclic amines) is 1. The summed E-state index contributed by atoms with van der Waals surface area (Å²) in [6.07, 6.45) is 2.65. The molecule has 4 rings (SSSR count). The average Bonchev–Trinajstić information content (AvgIpc) is 3.30. The molecule has 1 saturated heterocycles. The maximum absolute atomic E-state index is 14.0. The normalized spacial score (nSPS) is 15.3. The molecule has 0 bridgehead atoms. The Hall–Kier alpha value is -4.39. The average molecular weight is 552 g/mol. The number of ether oxygens (including phenoxy) is 3. The van der Waals surface area contributed by atoms with Gasteiger partial charge in [0.05, 0.1) is 19.2 Å². The Labute approximate surface area is 231 Å². The van der Waals surface area contributed by atoms with Crippen LogP contribution >= 0.6 is 0 Å². The van der Waals surface area contributed by atoms with Crippen LogP contribution in [0.15, 0.2) is 48.7 Å². The number of piperidine rings is 1. The standard InChI is InChI=1S/C30H31F2N3O5/c1-6-38-28(36)26-25(33-5)22(18-35(26)20-9-8-16-34(17-20)29(37)40-30(2,3)4)19-12-14-21(15-13-19)39-27-23(31)10-7-11-24(27)32/h7,10-15,18,20H,6,8-9,16-17H2,1-4H3/t20-/m1/s1. The van der Waals surface area contributed by atoms with Crippen molar-refractivity contribution in [2.24, 2.45) is 0 Å². The van der Waals surface area contributed by atoms with Crippen molar-refractivity contribution in [3.05, 3.63) is 77.4 Å². The summed E-state index contributed by atoms with van der Waals surface area (Å²) in [5, 5.41) is 0. The summed E-state index contributed by atoms with van der Waals surface area (Å²) in [7, 11) is 0. The molecule has 3 aromatic rings. The van der Waals surface area contributed by atoms with Gasteiger partial charge in [0.2, 0.25) is 5.69 Å². The Balaban J connectivity index is 1.68. The maximum Gasteiger partial charge on any atom is 0.410 e. The van der Waals surface area contributed by atoms with Crippen molar-refractivity contribution in [2.75, 3.05) is 19.7 Å². The first kappa shape index (κ1) is 28.6. The molecular formula is C30H31F2N3O5. The van der Waals surface area contributed by atoms with E-state index in [1.807, 2.05) is 0 Å². The minimum absolute atomic E-state index is 0.108. The zero-order chi connectivity index (χ0) is 29.0. The zero-order valence-electron chi connectivity index (χ0n) is 22.9. The highest BCUT2D eigenvalue weighted by molar-refractivity contribution is 6.00. The van der Waals surface area contributed by atoms with Crippen molar-refractivity contribution in [3.63, 3.8) is 0 Å². The van der Waals surface area contributed by atoms with Crippen LogP contribution < -0.4 is 4.74 Å². The number of hydrogen-bond donors (Lipinski definition) is 0. The Morgan fingerprint density at radius 3 is 2.38 bits per heavy atom. The van der Waals surface area contributed by atoms with Crippen LogP contribution in [-0.4, -0.2) is 46.8 Å². The predicted octanol–water partition coefficient (Wildman–Crippen LogP) is 7.53. The number of carbonyl (C=O) groups excluding carboxylic acids is 2. The summed E-state index contributed by atoms with van der Waals surface area (Å²) in [6, 6.07) is 9.50. The SMILES string of the molecule is [C-]#[N+]c1c(-c2ccc(Oc3c(F)cccc3F)cc2)cn([C@@H]2CCCN(C(=O)OC(C)(C)C)C2)c1C(=O)OCC. The molecule has 0 unspecified atom stereocenters. The topological polar surface area (TPSA) is 74.4 Å². The minimum Gasteiger partial charge on any atom is -0.462 e. The first-order valence-electron chi connectivity index (χ1n) is 13.0. The second-order valence-corrected chi connectivity index (χ2v) is 10.4. The van der Waals surface area contributed by atoms with E-state index in [0.717, 1.165) is 12.1 Å². The number of hydrogen-bond acceptors (Lipinski definition) is 5. The van der Waals surface area contributed by atoms with Gasteiger partial charge in [0.1, 0.15) is 17.0 Å². The molecule has 210 valence electrons. The highest BCUT2D eigenvalue weighted by Crippen LogP contribution is 2.40. The molecule has 0 N–H and O–H groups in total. The van der Waals surface area contributed by atoms with Crippen LogP contribution in [0.2, 0.25) is 0 Å². The smallest absolute Gasteiger partial charge is 0.410 e. The fourth-order valence-corrected chi connectivity index (χ4v) is 4.60. The van der Waals surface area contributed by atoms with Crippen molar-refractivity contribution in [3.8, 4) is 22.6 Å². The summed E-state index contributed by atoms with van der Waals surface area (Å²) in [5.41, 5.74) is 0.650. The van der Waals surface area contributed by atoms with Crippen LogP contribution in [0, 0.1) is 18.2 Å². The number of halogens is 2. The van der Waals surface area contributed by atoms with Crippen LogP contribution in [0.3, 0.4) is 0 Å². The third-order valence-corrected chi connectivity index (χ3v) is 6.33. The molecule has 1 aliphatic rings. The monoisotopic (exact) mass is 551 g/mol. The largest absolute Gasteiger partial charge is 0.462 e. The van der Waals surface area contributed by atoms with E-state index in [-0.39, 0.29) is 29.8 Å². The van der Waals surface area contributed by atoms with Gasteiger partial charge in [-0.2, -0.15) is 0 Å². The van der Waals surface area contributed by atoms with Gasteiger partial charge in [-0.05, 0) is 70.4 Å². The van der Waals surface area contributed by atoms with E-state index in [9.17, 15) is 18.4 Å². The van der Waals surface area contributed by atoms with Gasteiger partial charge in [0, 0.05) is 24.8 Å². The van der Waals surface area contributed by atoms with Crippen LogP contribution in [0.5, 0.6) is 11.5 Å². The number of amides is 1. The lowest BCUT2D eigenvalue weighted by atomic mass is 10.1. The summed E-state index contributed by atoms with van der Waals surface area (Å²) < 4.78 is 46.0. The molecule has 1 fully saturated rings. The number of esters is 1. The quantitative estimate of drug-likeness (QED) is 0.234. The molecule has 1 amide bonds. The van der Waals surface area contributed by atoms with Crippen molar-refractivity contribution < 1.29 is 32.6 Å². The van der Waals surface area contributed by atoms with E-state index in [1.54, 1.807) is 55.5 Å². The summed E-state index contributed by atoms with van der Waals surface area (Å²) in [4.78, 5) is 31.1. The molecule has 1 atom stereocenters. The second kappa shape index (κ2) is 11.8. The lowest BCUT2D eigenvalue weighted by Gasteiger charge is -2.35. The number of para-hydroxylation sites is 1. The molecule has 0 radical (unpaired) electrons. The first-order valence-corrected chi connectivity index (χ1v) is 13.0. The molecule has 1 aromatic heterocycles.